The topological polar surface area (TPSA) is 120 Å². The summed E-state index contributed by atoms with van der Waals surface area (Å²) in [5.74, 6) is 0.268. The molecule has 0 amide bonds. The largest absolute Gasteiger partial charge is 0.573 e. The Morgan fingerprint density at radius 2 is 1.88 bits per heavy atom. The molecular formula is C20H23F3N4O4S. The van der Waals surface area contributed by atoms with Gasteiger partial charge in [-0.3, -0.25) is 9.23 Å². The summed E-state index contributed by atoms with van der Waals surface area (Å²) in [6, 6.07) is 3.08. The fourth-order valence-corrected chi connectivity index (χ4v) is 6.03. The Bertz CT molecular complexity index is 1130. The highest BCUT2D eigenvalue weighted by Crippen LogP contribution is 2.65. The van der Waals surface area contributed by atoms with Gasteiger partial charge in [-0.25, -0.2) is 4.98 Å². The van der Waals surface area contributed by atoms with Crippen LogP contribution in [0, 0.1) is 23.7 Å². The van der Waals surface area contributed by atoms with Crippen molar-refractivity contribution in [3.63, 3.8) is 0 Å². The monoisotopic (exact) mass is 472 g/mol. The van der Waals surface area contributed by atoms with Crippen LogP contribution in [-0.4, -0.2) is 39.9 Å². The van der Waals surface area contributed by atoms with Gasteiger partial charge >= 0.3 is 6.36 Å². The van der Waals surface area contributed by atoms with Crippen molar-refractivity contribution < 1.29 is 30.9 Å². The molecule has 2 atom stereocenters. The van der Waals surface area contributed by atoms with E-state index >= 15 is 0 Å². The third kappa shape index (κ3) is 4.56. The first-order valence-corrected chi connectivity index (χ1v) is 12.1. The van der Waals surface area contributed by atoms with Crippen LogP contribution in [0.3, 0.4) is 0 Å². The van der Waals surface area contributed by atoms with E-state index in [9.17, 15) is 21.6 Å². The van der Waals surface area contributed by atoms with Gasteiger partial charge in [0.2, 0.25) is 0 Å². The summed E-state index contributed by atoms with van der Waals surface area (Å²) in [6.07, 6.45) is 0.195. The number of nitrogen functional groups attached to an aromatic ring is 1. The van der Waals surface area contributed by atoms with Crippen LogP contribution in [0.2, 0.25) is 0 Å². The maximum atomic E-state index is 12.7. The molecule has 2 aromatic heterocycles. The van der Waals surface area contributed by atoms with E-state index in [0.29, 0.717) is 29.0 Å². The van der Waals surface area contributed by atoms with Gasteiger partial charge in [-0.1, -0.05) is 0 Å². The quantitative estimate of drug-likeness (QED) is 0.592. The molecule has 3 aliphatic rings. The average Bonchev–Trinajstić information content (AvgIpc) is 3.50. The summed E-state index contributed by atoms with van der Waals surface area (Å²) in [4.78, 5) is 3.84. The van der Waals surface area contributed by atoms with Crippen LogP contribution in [0.4, 0.5) is 19.0 Å². The fraction of sp³-hybridized carbons (Fsp3) is 0.600. The molecule has 3 aliphatic carbocycles. The molecule has 0 radical (unpaired) electrons. The normalized spacial score (nSPS) is 27.4. The zero-order chi connectivity index (χ0) is 22.8. The number of rotatable bonds is 7. The van der Waals surface area contributed by atoms with Crippen LogP contribution in [0.5, 0.6) is 5.75 Å². The van der Waals surface area contributed by atoms with Crippen molar-refractivity contribution in [2.75, 3.05) is 11.5 Å². The van der Waals surface area contributed by atoms with E-state index in [1.165, 1.54) is 12.3 Å². The molecule has 2 heterocycles. The highest BCUT2D eigenvalue weighted by molar-refractivity contribution is 7.85. The Balaban J connectivity index is 1.39. The molecule has 3 N–H and O–H groups in total. The maximum Gasteiger partial charge on any atom is 0.573 e. The summed E-state index contributed by atoms with van der Waals surface area (Å²) in [5, 5.41) is 4.66. The van der Waals surface area contributed by atoms with Crippen LogP contribution in [0.25, 0.3) is 11.3 Å². The molecule has 2 aromatic rings. The van der Waals surface area contributed by atoms with E-state index in [-0.39, 0.29) is 23.4 Å². The standard InChI is InChI=1S/C20H23F3N4O4S/c21-20(22,23)31-17-5-12(7-25-19(17)24)15-6-16(27(26-15)8-10-1-2-10)18-13-3-11(4-14(13)18)9-32(28,29)30/h5-7,10-11,13-14,18H,1-4,8-9H2,(H2,24,25)(H,28,29,30). The molecule has 0 bridgehead atoms. The second kappa shape index (κ2) is 7.34. The molecule has 12 heteroatoms. The summed E-state index contributed by atoms with van der Waals surface area (Å²) >= 11 is 0. The molecule has 3 saturated carbocycles. The average molecular weight is 472 g/mol. The minimum Gasteiger partial charge on any atom is -0.402 e. The Morgan fingerprint density at radius 3 is 2.47 bits per heavy atom. The fourth-order valence-electron chi connectivity index (χ4n) is 5.16. The van der Waals surface area contributed by atoms with Crippen LogP contribution in [-0.2, 0) is 16.7 Å². The molecule has 0 saturated heterocycles. The number of hydrogen-bond donors (Lipinski definition) is 2. The minimum atomic E-state index is -4.88. The molecule has 0 aromatic carbocycles. The highest BCUT2D eigenvalue weighted by atomic mass is 32.2. The first-order chi connectivity index (χ1) is 15.0. The van der Waals surface area contributed by atoms with Crippen molar-refractivity contribution in [3.8, 4) is 17.0 Å². The van der Waals surface area contributed by atoms with Gasteiger partial charge in [0.05, 0.1) is 11.4 Å². The second-order valence-corrected chi connectivity index (χ2v) is 10.7. The minimum absolute atomic E-state index is 0.0427. The Morgan fingerprint density at radius 1 is 1.19 bits per heavy atom. The van der Waals surface area contributed by atoms with Crippen LogP contribution in [0.1, 0.15) is 37.3 Å². The molecular weight excluding hydrogens is 449 g/mol. The van der Waals surface area contributed by atoms with Crippen molar-refractivity contribution in [1.29, 1.82) is 0 Å². The molecule has 3 fully saturated rings. The SMILES string of the molecule is Nc1ncc(-c2cc(C3C4CC(CS(=O)(=O)O)CC43)n(CC3CC3)n2)cc1OC(F)(F)F. The zero-order valence-electron chi connectivity index (χ0n) is 17.0. The van der Waals surface area contributed by atoms with Gasteiger partial charge in [0.25, 0.3) is 10.1 Å². The van der Waals surface area contributed by atoms with Crippen molar-refractivity contribution in [2.45, 2.75) is 44.5 Å². The Hall–Kier alpha value is -2.34. The maximum absolute atomic E-state index is 12.7. The Labute approximate surface area is 182 Å². The number of halogens is 3. The number of aromatic nitrogens is 3. The highest BCUT2D eigenvalue weighted by Gasteiger charge is 2.58. The van der Waals surface area contributed by atoms with E-state index in [2.05, 4.69) is 14.8 Å². The third-order valence-electron chi connectivity index (χ3n) is 6.67. The van der Waals surface area contributed by atoms with Crippen molar-refractivity contribution >= 4 is 15.9 Å². The second-order valence-electron chi connectivity index (χ2n) is 9.17. The van der Waals surface area contributed by atoms with Crippen LogP contribution >= 0.6 is 0 Å². The van der Waals surface area contributed by atoms with Crippen molar-refractivity contribution in [1.82, 2.24) is 14.8 Å². The number of fused-ring (bicyclic) bond motifs is 1. The molecule has 0 aliphatic heterocycles. The lowest BCUT2D eigenvalue weighted by Crippen LogP contribution is -2.18. The zero-order valence-corrected chi connectivity index (χ0v) is 17.8. The number of nitrogens with zero attached hydrogens (tertiary/aromatic N) is 3. The number of hydrogen-bond acceptors (Lipinski definition) is 6. The van der Waals surface area contributed by atoms with Gasteiger partial charge in [-0.15, -0.1) is 13.2 Å². The van der Waals surface area contributed by atoms with E-state index in [0.717, 1.165) is 37.9 Å². The number of alkyl halides is 3. The van der Waals surface area contributed by atoms with Gasteiger partial charge in [0, 0.05) is 29.9 Å². The summed E-state index contributed by atoms with van der Waals surface area (Å²) in [5.41, 5.74) is 7.43. The van der Waals surface area contributed by atoms with Crippen molar-refractivity contribution in [3.05, 3.63) is 24.0 Å². The van der Waals surface area contributed by atoms with Gasteiger partial charge in [0.15, 0.2) is 11.6 Å². The predicted octanol–water partition coefficient (Wildman–Crippen LogP) is 3.46. The van der Waals surface area contributed by atoms with E-state index in [1.54, 1.807) is 0 Å². The first kappa shape index (κ1) is 21.5. The summed E-state index contributed by atoms with van der Waals surface area (Å²) < 4.78 is 75.4. The molecule has 5 rings (SSSR count). The van der Waals surface area contributed by atoms with Crippen LogP contribution < -0.4 is 10.5 Å². The number of ether oxygens (including phenoxy) is 1. The smallest absolute Gasteiger partial charge is 0.402 e. The van der Waals surface area contributed by atoms with Gasteiger partial charge < -0.3 is 10.5 Å². The molecule has 32 heavy (non-hydrogen) atoms. The van der Waals surface area contributed by atoms with Crippen LogP contribution in [0.15, 0.2) is 18.3 Å². The van der Waals surface area contributed by atoms with Gasteiger partial charge in [0.1, 0.15) is 0 Å². The third-order valence-corrected chi connectivity index (χ3v) is 7.57. The lowest BCUT2D eigenvalue weighted by Gasteiger charge is -2.13. The molecule has 2 unspecified atom stereocenters. The van der Waals surface area contributed by atoms with Crippen molar-refractivity contribution in [2.24, 2.45) is 23.7 Å². The van der Waals surface area contributed by atoms with E-state index in [1.807, 2.05) is 10.7 Å². The number of pyridine rings is 1. The lowest BCUT2D eigenvalue weighted by molar-refractivity contribution is -0.274. The predicted molar refractivity (Wildman–Crippen MR) is 108 cm³/mol. The summed E-state index contributed by atoms with van der Waals surface area (Å²) in [6.45, 7) is 0.744. The number of anilines is 1. The molecule has 0 spiro atoms. The molecule has 8 nitrogen and oxygen atoms in total. The van der Waals surface area contributed by atoms with Gasteiger partial charge in [-0.2, -0.15) is 13.5 Å². The van der Waals surface area contributed by atoms with E-state index < -0.39 is 22.2 Å². The Kier molecular flexibility index (Phi) is 4.93. The lowest BCUT2D eigenvalue weighted by atomic mass is 10.00. The summed E-state index contributed by atoms with van der Waals surface area (Å²) in [7, 11) is -3.99. The van der Waals surface area contributed by atoms with Gasteiger partial charge in [-0.05, 0) is 61.5 Å². The molecule has 174 valence electrons. The number of nitrogens with two attached hydrogens (primary N) is 1. The first-order valence-electron chi connectivity index (χ1n) is 10.5. The van der Waals surface area contributed by atoms with E-state index in [4.69, 9.17) is 10.3 Å².